The summed E-state index contributed by atoms with van der Waals surface area (Å²) in [6.07, 6.45) is 0. The number of aromatic carboxylic acids is 1. The second-order valence-corrected chi connectivity index (χ2v) is 5.68. The van der Waals surface area contributed by atoms with E-state index in [0.29, 0.717) is 12.1 Å². The SMILES string of the molecule is Cc1nc(N(C)Cc2ccc(C(=O)O)cc2)sc1C. The highest BCUT2D eigenvalue weighted by Gasteiger charge is 2.09. The van der Waals surface area contributed by atoms with Gasteiger partial charge in [0.1, 0.15) is 0 Å². The van der Waals surface area contributed by atoms with Gasteiger partial charge in [0.2, 0.25) is 0 Å². The molecule has 4 nitrogen and oxygen atoms in total. The first-order valence-electron chi connectivity index (χ1n) is 5.95. The Kier molecular flexibility index (Phi) is 3.85. The summed E-state index contributed by atoms with van der Waals surface area (Å²) < 4.78 is 0. The summed E-state index contributed by atoms with van der Waals surface area (Å²) in [7, 11) is 1.99. The standard InChI is InChI=1S/C14H16N2O2S/c1-9-10(2)19-14(15-9)16(3)8-11-4-6-12(7-5-11)13(17)18/h4-7H,8H2,1-3H3,(H,17,18). The number of carbonyl (C=O) groups is 1. The zero-order valence-electron chi connectivity index (χ0n) is 11.2. The van der Waals surface area contributed by atoms with E-state index < -0.39 is 5.97 Å². The molecule has 0 aliphatic carbocycles. The van der Waals surface area contributed by atoms with E-state index in [9.17, 15) is 4.79 Å². The molecule has 0 unspecified atom stereocenters. The molecule has 2 rings (SSSR count). The summed E-state index contributed by atoms with van der Waals surface area (Å²) in [6.45, 7) is 4.78. The maximum atomic E-state index is 10.8. The third kappa shape index (κ3) is 3.12. The Morgan fingerprint density at radius 2 is 1.95 bits per heavy atom. The van der Waals surface area contributed by atoms with Gasteiger partial charge in [-0.15, -0.1) is 11.3 Å². The summed E-state index contributed by atoms with van der Waals surface area (Å²) in [4.78, 5) is 18.6. The fourth-order valence-corrected chi connectivity index (χ4v) is 2.58. The highest BCUT2D eigenvalue weighted by Crippen LogP contribution is 2.25. The molecule has 1 aromatic heterocycles. The number of thiazole rings is 1. The first-order valence-corrected chi connectivity index (χ1v) is 6.76. The topological polar surface area (TPSA) is 53.4 Å². The molecule has 0 atom stereocenters. The van der Waals surface area contributed by atoms with Gasteiger partial charge in [0.25, 0.3) is 0 Å². The maximum Gasteiger partial charge on any atom is 0.335 e. The average molecular weight is 276 g/mol. The Hall–Kier alpha value is -1.88. The number of aryl methyl sites for hydroxylation is 2. The highest BCUT2D eigenvalue weighted by molar-refractivity contribution is 7.15. The van der Waals surface area contributed by atoms with Gasteiger partial charge < -0.3 is 10.0 Å². The van der Waals surface area contributed by atoms with Crippen molar-refractivity contribution in [3.05, 3.63) is 46.0 Å². The third-order valence-electron chi connectivity index (χ3n) is 2.96. The van der Waals surface area contributed by atoms with Crippen molar-refractivity contribution in [3.8, 4) is 0 Å². The molecule has 0 aliphatic rings. The lowest BCUT2D eigenvalue weighted by molar-refractivity contribution is 0.0697. The monoisotopic (exact) mass is 276 g/mol. The minimum Gasteiger partial charge on any atom is -0.478 e. The predicted molar refractivity (Wildman–Crippen MR) is 77.1 cm³/mol. The summed E-state index contributed by atoms with van der Waals surface area (Å²) >= 11 is 1.67. The van der Waals surface area contributed by atoms with Crippen LogP contribution in [0.5, 0.6) is 0 Å². The van der Waals surface area contributed by atoms with Crippen LogP contribution >= 0.6 is 11.3 Å². The van der Waals surface area contributed by atoms with E-state index >= 15 is 0 Å². The zero-order valence-corrected chi connectivity index (χ0v) is 12.0. The molecule has 19 heavy (non-hydrogen) atoms. The van der Waals surface area contributed by atoms with E-state index in [0.717, 1.165) is 16.4 Å². The minimum absolute atomic E-state index is 0.312. The van der Waals surface area contributed by atoms with Gasteiger partial charge in [-0.25, -0.2) is 9.78 Å². The van der Waals surface area contributed by atoms with Crippen LogP contribution in [0, 0.1) is 13.8 Å². The molecule has 0 aliphatic heterocycles. The second-order valence-electron chi connectivity index (χ2n) is 4.50. The number of nitrogens with zero attached hydrogens (tertiary/aromatic N) is 2. The van der Waals surface area contributed by atoms with Crippen molar-refractivity contribution in [2.24, 2.45) is 0 Å². The van der Waals surface area contributed by atoms with Crippen LogP contribution in [0.3, 0.4) is 0 Å². The Balaban J connectivity index is 2.10. The predicted octanol–water partition coefficient (Wildman–Crippen LogP) is 3.09. The fraction of sp³-hybridized carbons (Fsp3) is 0.286. The zero-order chi connectivity index (χ0) is 14.0. The summed E-state index contributed by atoms with van der Waals surface area (Å²) in [6, 6.07) is 6.94. The molecule has 0 fully saturated rings. The number of carboxylic acids is 1. The molecule has 0 saturated carbocycles. The van der Waals surface area contributed by atoms with Gasteiger partial charge in [-0.2, -0.15) is 0 Å². The van der Waals surface area contributed by atoms with Crippen LogP contribution in [0.4, 0.5) is 5.13 Å². The van der Waals surface area contributed by atoms with Gasteiger partial charge in [-0.3, -0.25) is 0 Å². The van der Waals surface area contributed by atoms with Crippen LogP contribution in [0.15, 0.2) is 24.3 Å². The van der Waals surface area contributed by atoms with Crippen molar-refractivity contribution in [3.63, 3.8) is 0 Å². The van der Waals surface area contributed by atoms with Gasteiger partial charge in [-0.05, 0) is 31.5 Å². The van der Waals surface area contributed by atoms with Gasteiger partial charge in [-0.1, -0.05) is 12.1 Å². The molecule has 2 aromatic rings. The highest BCUT2D eigenvalue weighted by atomic mass is 32.1. The molecule has 0 radical (unpaired) electrons. The smallest absolute Gasteiger partial charge is 0.335 e. The normalized spacial score (nSPS) is 10.5. The second kappa shape index (κ2) is 5.40. The van der Waals surface area contributed by atoms with Crippen molar-refractivity contribution in [2.45, 2.75) is 20.4 Å². The van der Waals surface area contributed by atoms with Crippen molar-refractivity contribution < 1.29 is 9.90 Å². The first kappa shape index (κ1) is 13.5. The Labute approximate surface area is 116 Å². The minimum atomic E-state index is -0.897. The lowest BCUT2D eigenvalue weighted by Crippen LogP contribution is -2.16. The number of rotatable bonds is 4. The number of benzene rings is 1. The molecule has 5 heteroatoms. The molecule has 0 bridgehead atoms. The third-order valence-corrected chi connectivity index (χ3v) is 4.15. The number of carboxylic acid groups (broad SMARTS) is 1. The summed E-state index contributed by atoms with van der Waals surface area (Å²) in [5.41, 5.74) is 2.44. The molecule has 0 saturated heterocycles. The molecule has 1 heterocycles. The molecular formula is C14H16N2O2S. The number of hydrogen-bond acceptors (Lipinski definition) is 4. The lowest BCUT2D eigenvalue weighted by Gasteiger charge is -2.15. The van der Waals surface area contributed by atoms with Crippen LogP contribution in [0.1, 0.15) is 26.5 Å². The molecule has 100 valence electrons. The van der Waals surface area contributed by atoms with E-state index in [1.165, 1.54) is 4.88 Å². The largest absolute Gasteiger partial charge is 0.478 e. The first-order chi connectivity index (χ1) is 8.97. The van der Waals surface area contributed by atoms with Crippen molar-refractivity contribution in [1.29, 1.82) is 0 Å². The lowest BCUT2D eigenvalue weighted by atomic mass is 10.1. The molecule has 1 N–H and O–H groups in total. The number of anilines is 1. The molecule has 1 aromatic carbocycles. The Morgan fingerprint density at radius 3 is 2.42 bits per heavy atom. The fourth-order valence-electron chi connectivity index (χ4n) is 1.71. The Morgan fingerprint density at radius 1 is 1.32 bits per heavy atom. The molecular weight excluding hydrogens is 260 g/mol. The van der Waals surface area contributed by atoms with E-state index in [4.69, 9.17) is 5.11 Å². The van der Waals surface area contributed by atoms with Crippen molar-refractivity contribution >= 4 is 22.4 Å². The average Bonchev–Trinajstić information content (AvgIpc) is 2.70. The number of aromatic nitrogens is 1. The van der Waals surface area contributed by atoms with E-state index in [1.54, 1.807) is 23.5 Å². The summed E-state index contributed by atoms with van der Waals surface area (Å²) in [5.74, 6) is -0.897. The van der Waals surface area contributed by atoms with E-state index in [2.05, 4.69) is 16.8 Å². The van der Waals surface area contributed by atoms with Crippen LogP contribution in [-0.4, -0.2) is 23.1 Å². The van der Waals surface area contributed by atoms with E-state index in [1.807, 2.05) is 26.1 Å². The van der Waals surface area contributed by atoms with Crippen LogP contribution in [0.2, 0.25) is 0 Å². The van der Waals surface area contributed by atoms with Crippen LogP contribution in [-0.2, 0) is 6.54 Å². The van der Waals surface area contributed by atoms with Crippen LogP contribution in [0.25, 0.3) is 0 Å². The molecule has 0 amide bonds. The summed E-state index contributed by atoms with van der Waals surface area (Å²) in [5, 5.41) is 9.83. The van der Waals surface area contributed by atoms with Gasteiger partial charge in [0.05, 0.1) is 11.3 Å². The number of hydrogen-bond donors (Lipinski definition) is 1. The van der Waals surface area contributed by atoms with E-state index in [-0.39, 0.29) is 0 Å². The Bertz CT molecular complexity index is 570. The van der Waals surface area contributed by atoms with Crippen molar-refractivity contribution in [1.82, 2.24) is 4.98 Å². The maximum absolute atomic E-state index is 10.8. The van der Waals surface area contributed by atoms with Crippen molar-refractivity contribution in [2.75, 3.05) is 11.9 Å². The van der Waals surface area contributed by atoms with Gasteiger partial charge in [0.15, 0.2) is 5.13 Å². The van der Waals surface area contributed by atoms with Crippen LogP contribution < -0.4 is 4.90 Å². The quantitative estimate of drug-likeness (QED) is 0.932. The van der Waals surface area contributed by atoms with Gasteiger partial charge >= 0.3 is 5.97 Å². The van der Waals surface area contributed by atoms with Gasteiger partial charge in [0, 0.05) is 18.5 Å². The molecule has 0 spiro atoms.